The minimum Gasteiger partial charge on any atom is -0.403 e. The van der Waals surface area contributed by atoms with E-state index in [-0.39, 0.29) is 0 Å². The van der Waals surface area contributed by atoms with E-state index in [0.717, 1.165) is 0 Å². The molecule has 1 heterocycles. The SMILES string of the molecule is N#Cc1ncc(OC(F)(F)F)c(Cl)c1C(F)F. The molecule has 0 atom stereocenters. The van der Waals surface area contributed by atoms with Crippen LogP contribution in [0.5, 0.6) is 5.75 Å². The summed E-state index contributed by atoms with van der Waals surface area (Å²) in [4.78, 5) is 3.11. The first-order chi connectivity index (χ1) is 7.76. The topological polar surface area (TPSA) is 45.9 Å². The second kappa shape index (κ2) is 4.71. The summed E-state index contributed by atoms with van der Waals surface area (Å²) in [5, 5.41) is 7.47. The fourth-order valence-electron chi connectivity index (χ4n) is 0.970. The average Bonchev–Trinajstić information content (AvgIpc) is 2.18. The molecule has 0 saturated heterocycles. The quantitative estimate of drug-likeness (QED) is 0.775. The van der Waals surface area contributed by atoms with Gasteiger partial charge in [0.2, 0.25) is 0 Å². The smallest absolute Gasteiger partial charge is 0.403 e. The van der Waals surface area contributed by atoms with Crippen LogP contribution in [0.25, 0.3) is 0 Å². The molecule has 0 aromatic carbocycles. The molecule has 3 nitrogen and oxygen atoms in total. The second-order valence-corrected chi connectivity index (χ2v) is 3.04. The summed E-state index contributed by atoms with van der Waals surface area (Å²) in [6.45, 7) is 0. The van der Waals surface area contributed by atoms with Gasteiger partial charge in [0.1, 0.15) is 6.07 Å². The predicted octanol–water partition coefficient (Wildman–Crippen LogP) is 3.44. The van der Waals surface area contributed by atoms with Crippen LogP contribution < -0.4 is 4.74 Å². The van der Waals surface area contributed by atoms with Gasteiger partial charge in [0.05, 0.1) is 16.8 Å². The first kappa shape index (κ1) is 13.4. The summed E-state index contributed by atoms with van der Waals surface area (Å²) in [7, 11) is 0. The van der Waals surface area contributed by atoms with Crippen LogP contribution in [0.1, 0.15) is 17.7 Å². The van der Waals surface area contributed by atoms with E-state index in [4.69, 9.17) is 16.9 Å². The van der Waals surface area contributed by atoms with Crippen LogP contribution in [0.15, 0.2) is 6.20 Å². The van der Waals surface area contributed by atoms with Gasteiger partial charge in [-0.3, -0.25) is 0 Å². The fourth-order valence-corrected chi connectivity index (χ4v) is 1.23. The van der Waals surface area contributed by atoms with Crippen molar-refractivity contribution in [1.29, 1.82) is 5.26 Å². The second-order valence-electron chi connectivity index (χ2n) is 2.66. The van der Waals surface area contributed by atoms with Crippen molar-refractivity contribution >= 4 is 11.6 Å². The Kier molecular flexibility index (Phi) is 3.72. The van der Waals surface area contributed by atoms with Crippen LogP contribution in [0.2, 0.25) is 5.02 Å². The highest BCUT2D eigenvalue weighted by molar-refractivity contribution is 6.33. The van der Waals surface area contributed by atoms with Crippen molar-refractivity contribution in [3.63, 3.8) is 0 Å². The molecular weight excluding hydrogens is 271 g/mol. The van der Waals surface area contributed by atoms with E-state index in [1.54, 1.807) is 0 Å². The first-order valence-electron chi connectivity index (χ1n) is 3.88. The van der Waals surface area contributed by atoms with E-state index in [1.165, 1.54) is 6.07 Å². The minimum absolute atomic E-state index is 0.459. The van der Waals surface area contributed by atoms with Gasteiger partial charge in [-0.05, 0) is 0 Å². The van der Waals surface area contributed by atoms with Gasteiger partial charge in [-0.25, -0.2) is 13.8 Å². The van der Waals surface area contributed by atoms with Crippen molar-refractivity contribution in [2.75, 3.05) is 0 Å². The maximum Gasteiger partial charge on any atom is 0.573 e. The third-order valence-corrected chi connectivity index (χ3v) is 1.96. The zero-order valence-electron chi connectivity index (χ0n) is 7.73. The molecule has 17 heavy (non-hydrogen) atoms. The number of rotatable bonds is 2. The monoisotopic (exact) mass is 272 g/mol. The van der Waals surface area contributed by atoms with Gasteiger partial charge in [-0.1, -0.05) is 11.6 Å². The Balaban J connectivity index is 3.30. The number of alkyl halides is 5. The maximum absolute atomic E-state index is 12.5. The molecule has 0 amide bonds. The summed E-state index contributed by atoms with van der Waals surface area (Å²) in [5.74, 6) is -1.08. The molecule has 0 saturated carbocycles. The van der Waals surface area contributed by atoms with Gasteiger partial charge in [0, 0.05) is 0 Å². The Bertz CT molecular complexity index is 468. The van der Waals surface area contributed by atoms with Crippen LogP contribution in [0, 0.1) is 11.3 Å². The number of ether oxygens (including phenoxy) is 1. The van der Waals surface area contributed by atoms with Gasteiger partial charge >= 0.3 is 6.36 Å². The Labute approximate surface area is 96.4 Å². The number of nitriles is 1. The molecule has 92 valence electrons. The molecule has 0 radical (unpaired) electrons. The molecule has 0 aliphatic carbocycles. The summed E-state index contributed by atoms with van der Waals surface area (Å²) >= 11 is 5.30. The first-order valence-corrected chi connectivity index (χ1v) is 4.26. The molecule has 0 bridgehead atoms. The molecule has 1 rings (SSSR count). The molecule has 0 aliphatic heterocycles. The Morgan fingerprint density at radius 2 is 2.00 bits per heavy atom. The van der Waals surface area contributed by atoms with E-state index in [2.05, 4.69) is 9.72 Å². The normalized spacial score (nSPS) is 11.4. The molecule has 0 aliphatic rings. The van der Waals surface area contributed by atoms with Gasteiger partial charge in [0.25, 0.3) is 6.43 Å². The molecule has 0 N–H and O–H groups in total. The van der Waals surface area contributed by atoms with Gasteiger partial charge in [-0.2, -0.15) is 5.26 Å². The zero-order valence-corrected chi connectivity index (χ0v) is 8.48. The zero-order chi connectivity index (χ0) is 13.2. The van der Waals surface area contributed by atoms with Crippen LogP contribution in [-0.4, -0.2) is 11.3 Å². The van der Waals surface area contributed by atoms with E-state index in [1.807, 2.05) is 0 Å². The van der Waals surface area contributed by atoms with Crippen molar-refractivity contribution in [1.82, 2.24) is 4.98 Å². The lowest BCUT2D eigenvalue weighted by atomic mass is 10.2. The number of hydrogen-bond donors (Lipinski definition) is 0. The number of aromatic nitrogens is 1. The van der Waals surface area contributed by atoms with Crippen LogP contribution in [0.3, 0.4) is 0 Å². The average molecular weight is 273 g/mol. The summed E-state index contributed by atoms with van der Waals surface area (Å²) < 4.78 is 64.0. The number of nitrogens with zero attached hydrogens (tertiary/aromatic N) is 2. The van der Waals surface area contributed by atoms with E-state index in [0.29, 0.717) is 6.20 Å². The minimum atomic E-state index is -5.08. The van der Waals surface area contributed by atoms with Gasteiger partial charge < -0.3 is 4.74 Å². The summed E-state index contributed by atoms with van der Waals surface area (Å²) in [6, 6.07) is 1.30. The van der Waals surface area contributed by atoms with Crippen LogP contribution in [-0.2, 0) is 0 Å². The molecule has 1 aromatic heterocycles. The van der Waals surface area contributed by atoms with E-state index >= 15 is 0 Å². The maximum atomic E-state index is 12.5. The molecule has 0 fully saturated rings. The van der Waals surface area contributed by atoms with Crippen molar-refractivity contribution < 1.29 is 26.7 Å². The van der Waals surface area contributed by atoms with Crippen LogP contribution >= 0.6 is 11.6 Å². The third kappa shape index (κ3) is 3.17. The fraction of sp³-hybridized carbons (Fsp3) is 0.250. The molecule has 0 unspecified atom stereocenters. The Morgan fingerprint density at radius 3 is 2.41 bits per heavy atom. The van der Waals surface area contributed by atoms with Crippen molar-refractivity contribution in [2.24, 2.45) is 0 Å². The molecular formula is C8H2ClF5N2O. The van der Waals surface area contributed by atoms with Crippen LogP contribution in [0.4, 0.5) is 22.0 Å². The third-order valence-electron chi connectivity index (χ3n) is 1.57. The van der Waals surface area contributed by atoms with Crippen molar-refractivity contribution in [3.8, 4) is 11.8 Å². The van der Waals surface area contributed by atoms with Gasteiger partial charge in [0.15, 0.2) is 11.4 Å². The lowest BCUT2D eigenvalue weighted by Gasteiger charge is -2.12. The summed E-state index contributed by atoms with van der Waals surface area (Å²) in [6.07, 6.45) is -7.86. The summed E-state index contributed by atoms with van der Waals surface area (Å²) in [5.41, 5.74) is -1.84. The highest BCUT2D eigenvalue weighted by Crippen LogP contribution is 2.37. The lowest BCUT2D eigenvalue weighted by Crippen LogP contribution is -2.18. The number of halogens is 6. The largest absolute Gasteiger partial charge is 0.573 e. The van der Waals surface area contributed by atoms with Crippen molar-refractivity contribution in [3.05, 3.63) is 22.5 Å². The van der Waals surface area contributed by atoms with Gasteiger partial charge in [-0.15, -0.1) is 13.2 Å². The highest BCUT2D eigenvalue weighted by Gasteiger charge is 2.34. The highest BCUT2D eigenvalue weighted by atomic mass is 35.5. The van der Waals surface area contributed by atoms with Crippen molar-refractivity contribution in [2.45, 2.75) is 12.8 Å². The Hall–Kier alpha value is -1.62. The number of pyridine rings is 1. The molecule has 9 heteroatoms. The van der Waals surface area contributed by atoms with E-state index in [9.17, 15) is 22.0 Å². The standard InChI is InChI=1S/C8H2ClF5N2O/c9-6-4(17-8(12,13)14)2-16-3(1-15)5(6)7(10)11/h2,7H. The van der Waals surface area contributed by atoms with E-state index < -0.39 is 34.8 Å². The molecule has 1 aromatic rings. The molecule has 0 spiro atoms. The Morgan fingerprint density at radius 1 is 1.41 bits per heavy atom. The lowest BCUT2D eigenvalue weighted by molar-refractivity contribution is -0.274. The predicted molar refractivity (Wildman–Crippen MR) is 45.6 cm³/mol. The number of hydrogen-bond acceptors (Lipinski definition) is 3.